The smallest absolute Gasteiger partial charge is 0.0915 e. The van der Waals surface area contributed by atoms with Gasteiger partial charge in [-0.2, -0.15) is 0 Å². The van der Waals surface area contributed by atoms with Gasteiger partial charge in [0.2, 0.25) is 0 Å². The van der Waals surface area contributed by atoms with Crippen molar-refractivity contribution in [3.05, 3.63) is 0 Å². The Hall–Kier alpha value is 0.110. The summed E-state index contributed by atoms with van der Waals surface area (Å²) in [5.41, 5.74) is 0. The van der Waals surface area contributed by atoms with Crippen molar-refractivity contribution in [3.63, 3.8) is 0 Å². The maximum absolute atomic E-state index is 10.9. The average Bonchev–Trinajstić information content (AvgIpc) is 1.85. The summed E-state index contributed by atoms with van der Waals surface area (Å²) in [6, 6.07) is 0. The molecule has 0 aromatic carbocycles. The van der Waals surface area contributed by atoms with Crippen LogP contribution in [0.25, 0.3) is 0 Å². The lowest BCUT2D eigenvalue weighted by atomic mass is 10.2. The quantitative estimate of drug-likeness (QED) is 0.650. The average molecular weight is 163 g/mol. The van der Waals surface area contributed by atoms with Crippen LogP contribution in [-0.2, 0) is 11.0 Å². The fourth-order valence-corrected chi connectivity index (χ4v) is 1.55. The maximum atomic E-state index is 10.9. The van der Waals surface area contributed by atoms with Crippen LogP contribution in [0, 0.1) is 5.92 Å². The van der Waals surface area contributed by atoms with Crippen molar-refractivity contribution in [3.8, 4) is 0 Å². The third-order valence-corrected chi connectivity index (χ3v) is 2.31. The van der Waals surface area contributed by atoms with E-state index in [1.165, 1.54) is 0 Å². The first-order chi connectivity index (χ1) is 4.66. The predicted molar refractivity (Wildman–Crippen MR) is 46.1 cm³/mol. The Bertz CT molecular complexity index is 104. The van der Waals surface area contributed by atoms with Gasteiger partial charge in [0, 0.05) is 12.3 Å². The van der Waals surface area contributed by atoms with Crippen LogP contribution >= 0.6 is 0 Å². The number of hydrogen-bond acceptors (Lipinski definition) is 1. The molecule has 3 heteroatoms. The summed E-state index contributed by atoms with van der Waals surface area (Å²) in [7, 11) is -0.791. The van der Waals surface area contributed by atoms with Gasteiger partial charge in [0.15, 0.2) is 0 Å². The van der Waals surface area contributed by atoms with Crippen LogP contribution in [0.3, 0.4) is 0 Å². The van der Waals surface area contributed by atoms with Gasteiger partial charge in [-0.05, 0) is 12.3 Å². The molecule has 10 heavy (non-hydrogen) atoms. The molecule has 0 aromatic heterocycles. The van der Waals surface area contributed by atoms with Crippen LogP contribution in [0.2, 0.25) is 0 Å². The van der Waals surface area contributed by atoms with Gasteiger partial charge in [0.1, 0.15) is 0 Å². The Kier molecular flexibility index (Phi) is 5.93. The molecule has 0 saturated carbocycles. The van der Waals surface area contributed by atoms with Crippen molar-refractivity contribution in [1.82, 2.24) is 4.72 Å². The van der Waals surface area contributed by atoms with Crippen LogP contribution in [0.15, 0.2) is 0 Å². The molecule has 1 atom stereocenters. The minimum Gasteiger partial charge on any atom is -0.243 e. The highest BCUT2D eigenvalue weighted by molar-refractivity contribution is 7.82. The molecule has 0 amide bonds. The molecule has 0 aliphatic heterocycles. The molecule has 2 nitrogen and oxygen atoms in total. The molecule has 0 aliphatic carbocycles. The molecular formula is C7H17NOS. The van der Waals surface area contributed by atoms with Crippen molar-refractivity contribution in [1.29, 1.82) is 0 Å². The Morgan fingerprint density at radius 2 is 2.10 bits per heavy atom. The topological polar surface area (TPSA) is 29.1 Å². The van der Waals surface area contributed by atoms with E-state index in [0.717, 1.165) is 18.7 Å². The molecule has 1 unspecified atom stereocenters. The number of nitrogens with one attached hydrogen (secondary N) is 1. The van der Waals surface area contributed by atoms with Gasteiger partial charge < -0.3 is 0 Å². The van der Waals surface area contributed by atoms with Crippen molar-refractivity contribution in [2.45, 2.75) is 27.2 Å². The standard InChI is InChI=1S/C7H17NOS/c1-4-5-10(9)8-6-7(2)3/h7-8H,4-6H2,1-3H3. The molecule has 0 heterocycles. The highest BCUT2D eigenvalue weighted by Gasteiger charge is 1.97. The molecule has 62 valence electrons. The first kappa shape index (κ1) is 10.1. The van der Waals surface area contributed by atoms with E-state index in [9.17, 15) is 4.21 Å². The normalized spacial score (nSPS) is 14.0. The zero-order chi connectivity index (χ0) is 7.98. The molecule has 0 aliphatic rings. The third kappa shape index (κ3) is 6.23. The summed E-state index contributed by atoms with van der Waals surface area (Å²) >= 11 is 0. The summed E-state index contributed by atoms with van der Waals surface area (Å²) in [5.74, 6) is 1.35. The van der Waals surface area contributed by atoms with E-state index in [1.54, 1.807) is 0 Å². The summed E-state index contributed by atoms with van der Waals surface area (Å²) in [6.07, 6.45) is 0.984. The highest BCUT2D eigenvalue weighted by atomic mass is 32.2. The Labute approximate surface area is 66.0 Å². The van der Waals surface area contributed by atoms with E-state index in [4.69, 9.17) is 0 Å². The molecule has 0 spiro atoms. The molecule has 0 fully saturated rings. The Morgan fingerprint density at radius 1 is 1.50 bits per heavy atom. The summed E-state index contributed by atoms with van der Waals surface area (Å²) in [4.78, 5) is 0. The lowest BCUT2D eigenvalue weighted by molar-refractivity contribution is 0.616. The summed E-state index contributed by atoms with van der Waals surface area (Å²) in [5, 5.41) is 0. The van der Waals surface area contributed by atoms with E-state index in [0.29, 0.717) is 5.92 Å². The van der Waals surface area contributed by atoms with Crippen LogP contribution in [0.1, 0.15) is 27.2 Å². The van der Waals surface area contributed by atoms with Crippen molar-refractivity contribution < 1.29 is 4.21 Å². The Morgan fingerprint density at radius 3 is 2.50 bits per heavy atom. The van der Waals surface area contributed by atoms with E-state index in [-0.39, 0.29) is 0 Å². The van der Waals surface area contributed by atoms with Gasteiger partial charge in [0.25, 0.3) is 0 Å². The highest BCUT2D eigenvalue weighted by Crippen LogP contribution is 1.89. The third-order valence-electron chi connectivity index (χ3n) is 1.04. The fraction of sp³-hybridized carbons (Fsp3) is 1.00. The number of rotatable bonds is 5. The van der Waals surface area contributed by atoms with Crippen LogP contribution < -0.4 is 4.72 Å². The van der Waals surface area contributed by atoms with Crippen LogP contribution in [-0.4, -0.2) is 16.5 Å². The largest absolute Gasteiger partial charge is 0.243 e. The van der Waals surface area contributed by atoms with Gasteiger partial charge in [-0.3, -0.25) is 0 Å². The second-order valence-corrected chi connectivity index (χ2v) is 4.18. The molecule has 0 rings (SSSR count). The van der Waals surface area contributed by atoms with Crippen LogP contribution in [0.4, 0.5) is 0 Å². The SMILES string of the molecule is CCCS(=O)NCC(C)C. The van der Waals surface area contributed by atoms with E-state index in [2.05, 4.69) is 18.6 Å². The second-order valence-electron chi connectivity index (χ2n) is 2.79. The zero-order valence-corrected chi connectivity index (χ0v) is 7.83. The van der Waals surface area contributed by atoms with Crippen LogP contribution in [0.5, 0.6) is 0 Å². The molecule has 0 bridgehead atoms. The van der Waals surface area contributed by atoms with E-state index in [1.807, 2.05) is 6.92 Å². The molecule has 1 N–H and O–H groups in total. The molecule has 0 radical (unpaired) electrons. The zero-order valence-electron chi connectivity index (χ0n) is 7.02. The van der Waals surface area contributed by atoms with Gasteiger partial charge in [-0.1, -0.05) is 20.8 Å². The monoisotopic (exact) mass is 163 g/mol. The lowest BCUT2D eigenvalue weighted by Gasteiger charge is -2.05. The lowest BCUT2D eigenvalue weighted by Crippen LogP contribution is -2.23. The first-order valence-electron chi connectivity index (χ1n) is 3.78. The minimum atomic E-state index is -0.791. The summed E-state index contributed by atoms with van der Waals surface area (Å²) < 4.78 is 13.9. The van der Waals surface area contributed by atoms with Gasteiger partial charge in [0.05, 0.1) is 11.0 Å². The first-order valence-corrected chi connectivity index (χ1v) is 5.10. The minimum absolute atomic E-state index is 0.584. The van der Waals surface area contributed by atoms with Gasteiger partial charge in [-0.25, -0.2) is 8.93 Å². The van der Waals surface area contributed by atoms with Crippen molar-refractivity contribution in [2.24, 2.45) is 5.92 Å². The van der Waals surface area contributed by atoms with E-state index < -0.39 is 11.0 Å². The second kappa shape index (κ2) is 5.86. The van der Waals surface area contributed by atoms with Gasteiger partial charge in [-0.15, -0.1) is 0 Å². The predicted octanol–water partition coefficient (Wildman–Crippen LogP) is 1.31. The molecular weight excluding hydrogens is 146 g/mol. The number of hydrogen-bond donors (Lipinski definition) is 1. The molecule has 0 saturated heterocycles. The summed E-state index contributed by atoms with van der Waals surface area (Å²) in [6.45, 7) is 7.11. The van der Waals surface area contributed by atoms with E-state index >= 15 is 0 Å². The van der Waals surface area contributed by atoms with Crippen molar-refractivity contribution in [2.75, 3.05) is 12.3 Å². The van der Waals surface area contributed by atoms with Gasteiger partial charge >= 0.3 is 0 Å². The molecule has 0 aromatic rings. The fourth-order valence-electron chi connectivity index (χ4n) is 0.517. The maximum Gasteiger partial charge on any atom is 0.0915 e. The Balaban J connectivity index is 3.22. The van der Waals surface area contributed by atoms with Crippen molar-refractivity contribution >= 4 is 11.0 Å².